The summed E-state index contributed by atoms with van der Waals surface area (Å²) in [6, 6.07) is 2.88. The molecule has 0 aliphatic carbocycles. The second-order valence-electron chi connectivity index (χ2n) is 4.20. The van der Waals surface area contributed by atoms with Crippen LogP contribution in [0.4, 0.5) is 5.82 Å². The fourth-order valence-electron chi connectivity index (χ4n) is 1.98. The van der Waals surface area contributed by atoms with E-state index in [0.29, 0.717) is 17.1 Å². The third-order valence-electron chi connectivity index (χ3n) is 2.77. The number of anilines is 1. The van der Waals surface area contributed by atoms with E-state index in [2.05, 4.69) is 38.5 Å². The number of hydrogen-bond acceptors (Lipinski definition) is 3. The molecule has 2 atom stereocenters. The topological polar surface area (TPSA) is 37.0 Å². The Hall–Kier alpha value is -0.320. The molecule has 0 bridgehead atoms. The van der Waals surface area contributed by atoms with Crippen LogP contribution in [0, 0.1) is 0 Å². The second-order valence-corrected chi connectivity index (χ2v) is 5.53. The lowest BCUT2D eigenvalue weighted by atomic mass is 10.0. The van der Waals surface area contributed by atoms with Gasteiger partial charge < -0.3 is 10.6 Å². The first kappa shape index (κ1) is 12.1. The van der Waals surface area contributed by atoms with Crippen LogP contribution in [0.25, 0.3) is 0 Å². The normalized spacial score (nSPS) is 25.4. The fourth-order valence-corrected chi connectivity index (χ4v) is 2.66. The predicted octanol–water partition coefficient (Wildman–Crippen LogP) is 3.05. The summed E-state index contributed by atoms with van der Waals surface area (Å²) in [6.07, 6.45) is 3.98. The SMILES string of the molecule is CC1CC(Nc2ncc(Br)cc2Cl)CCN1. The summed E-state index contributed by atoms with van der Waals surface area (Å²) < 4.78 is 0.904. The predicted molar refractivity (Wildman–Crippen MR) is 71.1 cm³/mol. The number of hydrogen-bond donors (Lipinski definition) is 2. The molecule has 1 aliphatic heterocycles. The van der Waals surface area contributed by atoms with E-state index in [-0.39, 0.29) is 0 Å². The molecule has 2 N–H and O–H groups in total. The highest BCUT2D eigenvalue weighted by Crippen LogP contribution is 2.25. The van der Waals surface area contributed by atoms with Gasteiger partial charge in [-0.3, -0.25) is 0 Å². The number of rotatable bonds is 2. The molecule has 2 rings (SSSR count). The summed E-state index contributed by atoms with van der Waals surface area (Å²) in [7, 11) is 0. The Kier molecular flexibility index (Phi) is 4.05. The van der Waals surface area contributed by atoms with Crippen molar-refractivity contribution in [1.29, 1.82) is 0 Å². The molecule has 0 amide bonds. The van der Waals surface area contributed by atoms with Gasteiger partial charge in [-0.25, -0.2) is 4.98 Å². The molecule has 1 saturated heterocycles. The standard InChI is InChI=1S/C11H15BrClN3/c1-7-4-9(2-3-14-7)16-11-10(13)5-8(12)6-15-11/h5-7,9,14H,2-4H2,1H3,(H,15,16). The highest BCUT2D eigenvalue weighted by Gasteiger charge is 2.19. The molecule has 0 radical (unpaired) electrons. The molecule has 5 heteroatoms. The molecule has 2 unspecified atom stereocenters. The van der Waals surface area contributed by atoms with Crippen LogP contribution in [-0.4, -0.2) is 23.6 Å². The van der Waals surface area contributed by atoms with E-state index in [1.54, 1.807) is 6.20 Å². The van der Waals surface area contributed by atoms with Crippen LogP contribution in [0.15, 0.2) is 16.7 Å². The Morgan fingerprint density at radius 1 is 1.62 bits per heavy atom. The third kappa shape index (κ3) is 3.09. The molecule has 0 aromatic carbocycles. The van der Waals surface area contributed by atoms with Gasteiger partial charge in [-0.1, -0.05) is 11.6 Å². The summed E-state index contributed by atoms with van der Waals surface area (Å²) in [5.41, 5.74) is 0. The van der Waals surface area contributed by atoms with Gasteiger partial charge in [-0.15, -0.1) is 0 Å². The number of halogens is 2. The van der Waals surface area contributed by atoms with Gasteiger partial charge in [0.1, 0.15) is 5.82 Å². The number of nitrogens with one attached hydrogen (secondary N) is 2. The Bertz CT molecular complexity index is 372. The Morgan fingerprint density at radius 2 is 2.44 bits per heavy atom. The van der Waals surface area contributed by atoms with Crippen LogP contribution in [-0.2, 0) is 0 Å². The van der Waals surface area contributed by atoms with Gasteiger partial charge in [0, 0.05) is 22.8 Å². The van der Waals surface area contributed by atoms with Gasteiger partial charge in [0.25, 0.3) is 0 Å². The highest BCUT2D eigenvalue weighted by molar-refractivity contribution is 9.10. The van der Waals surface area contributed by atoms with Crippen molar-refractivity contribution in [3.63, 3.8) is 0 Å². The number of pyridine rings is 1. The van der Waals surface area contributed by atoms with Crippen LogP contribution in [0.1, 0.15) is 19.8 Å². The van der Waals surface area contributed by atoms with Crippen LogP contribution in [0.2, 0.25) is 5.02 Å². The van der Waals surface area contributed by atoms with Gasteiger partial charge in [0.05, 0.1) is 5.02 Å². The molecule has 88 valence electrons. The minimum absolute atomic E-state index is 0.461. The largest absolute Gasteiger partial charge is 0.366 e. The van der Waals surface area contributed by atoms with Gasteiger partial charge in [0.2, 0.25) is 0 Å². The van der Waals surface area contributed by atoms with E-state index in [1.807, 2.05) is 6.07 Å². The Labute approximate surface area is 109 Å². The van der Waals surface area contributed by atoms with Crippen LogP contribution in [0.5, 0.6) is 0 Å². The smallest absolute Gasteiger partial charge is 0.145 e. The number of nitrogens with zero attached hydrogens (tertiary/aromatic N) is 1. The van der Waals surface area contributed by atoms with Crippen molar-refractivity contribution in [1.82, 2.24) is 10.3 Å². The first-order valence-corrected chi connectivity index (χ1v) is 6.63. The first-order chi connectivity index (χ1) is 7.65. The van der Waals surface area contributed by atoms with E-state index < -0.39 is 0 Å². The minimum Gasteiger partial charge on any atom is -0.366 e. The van der Waals surface area contributed by atoms with Crippen LogP contribution < -0.4 is 10.6 Å². The van der Waals surface area contributed by atoms with Crippen molar-refractivity contribution >= 4 is 33.3 Å². The van der Waals surface area contributed by atoms with Crippen molar-refractivity contribution in [2.75, 3.05) is 11.9 Å². The monoisotopic (exact) mass is 303 g/mol. The molecular formula is C11H15BrClN3. The maximum atomic E-state index is 6.11. The number of piperidine rings is 1. The zero-order chi connectivity index (χ0) is 11.5. The maximum Gasteiger partial charge on any atom is 0.145 e. The van der Waals surface area contributed by atoms with E-state index in [4.69, 9.17) is 11.6 Å². The van der Waals surface area contributed by atoms with E-state index in [1.165, 1.54) is 0 Å². The third-order valence-corrected chi connectivity index (χ3v) is 3.49. The van der Waals surface area contributed by atoms with E-state index >= 15 is 0 Å². The fraction of sp³-hybridized carbons (Fsp3) is 0.545. The number of aromatic nitrogens is 1. The Morgan fingerprint density at radius 3 is 3.12 bits per heavy atom. The summed E-state index contributed by atoms with van der Waals surface area (Å²) in [6.45, 7) is 3.25. The lowest BCUT2D eigenvalue weighted by Gasteiger charge is -2.29. The molecule has 2 heterocycles. The van der Waals surface area contributed by atoms with Gasteiger partial charge in [-0.05, 0) is 48.3 Å². The van der Waals surface area contributed by atoms with Crippen molar-refractivity contribution in [2.45, 2.75) is 31.8 Å². The molecule has 1 fully saturated rings. The maximum absolute atomic E-state index is 6.11. The highest BCUT2D eigenvalue weighted by atomic mass is 79.9. The summed E-state index contributed by atoms with van der Waals surface area (Å²) >= 11 is 9.46. The van der Waals surface area contributed by atoms with Crippen LogP contribution >= 0.6 is 27.5 Å². The summed E-state index contributed by atoms with van der Waals surface area (Å²) in [4.78, 5) is 4.29. The minimum atomic E-state index is 0.461. The van der Waals surface area contributed by atoms with Crippen molar-refractivity contribution < 1.29 is 0 Å². The quantitative estimate of drug-likeness (QED) is 0.882. The van der Waals surface area contributed by atoms with Crippen molar-refractivity contribution in [2.24, 2.45) is 0 Å². The lowest BCUT2D eigenvalue weighted by molar-refractivity contribution is 0.396. The molecule has 1 aliphatic rings. The lowest BCUT2D eigenvalue weighted by Crippen LogP contribution is -2.41. The van der Waals surface area contributed by atoms with Gasteiger partial charge >= 0.3 is 0 Å². The van der Waals surface area contributed by atoms with E-state index in [0.717, 1.165) is 29.7 Å². The van der Waals surface area contributed by atoms with Crippen molar-refractivity contribution in [3.05, 3.63) is 21.8 Å². The molecule has 0 spiro atoms. The van der Waals surface area contributed by atoms with Gasteiger partial charge in [-0.2, -0.15) is 0 Å². The first-order valence-electron chi connectivity index (χ1n) is 5.46. The average molecular weight is 305 g/mol. The molecule has 0 saturated carbocycles. The van der Waals surface area contributed by atoms with Crippen LogP contribution in [0.3, 0.4) is 0 Å². The summed E-state index contributed by atoms with van der Waals surface area (Å²) in [5, 5.41) is 7.49. The zero-order valence-corrected chi connectivity index (χ0v) is 11.5. The average Bonchev–Trinajstić information content (AvgIpc) is 2.22. The molecule has 16 heavy (non-hydrogen) atoms. The van der Waals surface area contributed by atoms with Gasteiger partial charge in [0.15, 0.2) is 0 Å². The summed E-state index contributed by atoms with van der Waals surface area (Å²) in [5.74, 6) is 0.781. The Balaban J connectivity index is 2.02. The molecular weight excluding hydrogens is 289 g/mol. The molecule has 3 nitrogen and oxygen atoms in total. The second kappa shape index (κ2) is 5.34. The molecule has 1 aromatic rings. The molecule has 1 aromatic heterocycles. The van der Waals surface area contributed by atoms with Crippen molar-refractivity contribution in [3.8, 4) is 0 Å². The zero-order valence-electron chi connectivity index (χ0n) is 9.13. The van der Waals surface area contributed by atoms with E-state index in [9.17, 15) is 0 Å².